The fraction of sp³-hybridized carbons (Fsp3) is 0. The van der Waals surface area contributed by atoms with Gasteiger partial charge in [-0.25, -0.2) is 19.8 Å². The van der Waals surface area contributed by atoms with E-state index in [1.54, 1.807) is 0 Å². The van der Waals surface area contributed by atoms with E-state index in [1.807, 2.05) is 42.5 Å². The van der Waals surface area contributed by atoms with Crippen LogP contribution in [0.5, 0.6) is 0 Å². The normalized spacial score (nSPS) is 11.8. The van der Waals surface area contributed by atoms with Gasteiger partial charge in [0.2, 0.25) is 0 Å². The molecule has 0 aliphatic carbocycles. The van der Waals surface area contributed by atoms with Gasteiger partial charge in [-0.1, -0.05) is 224 Å². The third kappa shape index (κ3) is 7.09. The van der Waals surface area contributed by atoms with Crippen molar-refractivity contribution in [2.45, 2.75) is 0 Å². The largest absolute Gasteiger partial charge is 0.305 e. The second kappa shape index (κ2) is 18.7. The molecule has 0 bridgehead atoms. The molecule has 390 valence electrons. The molecule has 0 unspecified atom stereocenters. The molecular weight excluding hydrogens is 1020 g/mol. The molecule has 0 saturated heterocycles. The molecule has 0 N–H and O–H groups in total. The lowest BCUT2D eigenvalue weighted by Crippen LogP contribution is -2.16. The van der Waals surface area contributed by atoms with E-state index in [0.29, 0.717) is 11.5 Å². The zero-order valence-electron chi connectivity index (χ0n) is 45.1. The zero-order valence-corrected chi connectivity index (χ0v) is 45.1. The smallest absolute Gasteiger partial charge is 0.187 e. The van der Waals surface area contributed by atoms with Crippen LogP contribution in [0.4, 0.5) is 5.69 Å². The Morgan fingerprint density at radius 1 is 0.262 bits per heavy atom. The Balaban J connectivity index is 1.08. The van der Waals surface area contributed by atoms with Crippen molar-refractivity contribution in [3.05, 3.63) is 290 Å². The van der Waals surface area contributed by atoms with Crippen molar-refractivity contribution < 1.29 is 0 Å². The first kappa shape index (κ1) is 47.2. The molecule has 17 aromatic rings. The van der Waals surface area contributed by atoms with Crippen molar-refractivity contribution in [1.82, 2.24) is 33.2 Å². The maximum absolute atomic E-state index is 7.65. The number of hydrogen-bond donors (Lipinski definition) is 0. The topological polar surface area (TPSA) is 62.8 Å². The van der Waals surface area contributed by atoms with E-state index < -0.39 is 0 Å². The number of para-hydroxylation sites is 8. The number of hydrogen-bond acceptors (Lipinski definition) is 3. The summed E-state index contributed by atoms with van der Waals surface area (Å²) in [5, 5.41) is 9.13. The molecule has 6 aromatic heterocycles. The Labute approximate surface area is 482 Å². The molecule has 8 heteroatoms. The van der Waals surface area contributed by atoms with Crippen LogP contribution in [-0.4, -0.2) is 33.2 Å². The molecule has 11 aromatic carbocycles. The van der Waals surface area contributed by atoms with E-state index in [4.69, 9.17) is 21.5 Å². The molecule has 0 atom stereocenters. The van der Waals surface area contributed by atoms with E-state index in [1.165, 1.54) is 0 Å². The predicted octanol–water partition coefficient (Wildman–Crippen LogP) is 19.5. The number of pyridine rings is 1. The molecule has 0 fully saturated rings. The van der Waals surface area contributed by atoms with Gasteiger partial charge in [0.05, 0.1) is 62.1 Å². The lowest BCUT2D eigenvalue weighted by Gasteiger charge is -2.27. The van der Waals surface area contributed by atoms with Crippen LogP contribution in [-0.2, 0) is 0 Å². The minimum atomic E-state index is 0.563. The number of rotatable bonds is 8. The summed E-state index contributed by atoms with van der Waals surface area (Å²) in [6.45, 7) is 7.65. The van der Waals surface area contributed by atoms with Crippen LogP contribution < -0.4 is 0 Å². The molecule has 0 amide bonds. The van der Waals surface area contributed by atoms with E-state index in [-0.39, 0.29) is 0 Å². The van der Waals surface area contributed by atoms with Gasteiger partial charge in [-0.05, 0) is 60.2 Å². The van der Waals surface area contributed by atoms with Crippen LogP contribution in [0.3, 0.4) is 0 Å². The third-order valence-corrected chi connectivity index (χ3v) is 16.8. The average Bonchev–Trinajstić information content (AvgIpc) is 1.98. The van der Waals surface area contributed by atoms with Crippen molar-refractivity contribution in [3.63, 3.8) is 0 Å². The Morgan fingerprint density at radius 2 is 0.548 bits per heavy atom. The molecule has 0 saturated carbocycles. The second-order valence-electron chi connectivity index (χ2n) is 21.4. The molecule has 84 heavy (non-hydrogen) atoms. The Morgan fingerprint density at radius 3 is 0.893 bits per heavy atom. The molecule has 6 heterocycles. The van der Waals surface area contributed by atoms with Crippen molar-refractivity contribution in [3.8, 4) is 68.0 Å². The van der Waals surface area contributed by atoms with Gasteiger partial charge in [-0.2, -0.15) is 0 Å². The summed E-state index contributed by atoms with van der Waals surface area (Å²) in [6, 6.07) is 99.0. The fourth-order valence-electron chi connectivity index (χ4n) is 13.2. The quantitative estimate of drug-likeness (QED) is 0.142. The molecule has 8 nitrogen and oxygen atoms in total. The second-order valence-corrected chi connectivity index (χ2v) is 21.4. The number of nitrogens with zero attached hydrogens (tertiary/aromatic N) is 8. The first-order valence-corrected chi connectivity index (χ1v) is 28.2. The summed E-state index contributed by atoms with van der Waals surface area (Å²) < 4.78 is 9.78. The van der Waals surface area contributed by atoms with Gasteiger partial charge in [0.15, 0.2) is 23.1 Å². The van der Waals surface area contributed by atoms with Crippen molar-refractivity contribution in [2.75, 3.05) is 0 Å². The molecule has 0 aliphatic rings. The maximum atomic E-state index is 7.65. The van der Waals surface area contributed by atoms with Gasteiger partial charge in [0, 0.05) is 65.3 Å². The highest BCUT2D eigenvalue weighted by atomic mass is 15.2. The number of aromatic nitrogens is 7. The Hall–Kier alpha value is -11.7. The molecule has 17 rings (SSSR count). The monoisotopic (exact) mass is 1070 g/mol. The lowest BCUT2D eigenvalue weighted by molar-refractivity contribution is 0.961. The molecule has 0 aliphatic heterocycles. The summed E-state index contributed by atoms with van der Waals surface area (Å²) >= 11 is 0. The van der Waals surface area contributed by atoms with E-state index in [9.17, 15) is 0 Å². The van der Waals surface area contributed by atoms with Crippen molar-refractivity contribution in [1.29, 1.82) is 0 Å². The number of fused-ring (bicyclic) bond motifs is 12. The molecule has 0 radical (unpaired) electrons. The third-order valence-electron chi connectivity index (χ3n) is 16.8. The van der Waals surface area contributed by atoms with Crippen LogP contribution >= 0.6 is 0 Å². The summed E-state index contributed by atoms with van der Waals surface area (Å²) in [6.07, 6.45) is 0. The van der Waals surface area contributed by atoms with Gasteiger partial charge < -0.3 is 9.13 Å². The SMILES string of the molecule is [C-]#[N+]c1ccc(-c2nc(-c3ccccc3)cc(-c3ccc(-c4c(-n5c6ccccc6c6ccccc65)c(-n5c6ccccc6c6ccccc65)nc(-n5c6ccccc6c6ccccc65)c4-n4c5ccccc5c5ccccc54)cc3)n2)cc1. The maximum Gasteiger partial charge on any atom is 0.187 e. The van der Waals surface area contributed by atoms with Gasteiger partial charge in [0.25, 0.3) is 0 Å². The summed E-state index contributed by atoms with van der Waals surface area (Å²) in [4.78, 5) is 20.5. The van der Waals surface area contributed by atoms with Crippen LogP contribution in [0.15, 0.2) is 279 Å². The van der Waals surface area contributed by atoms with E-state index in [0.717, 1.165) is 149 Å². The summed E-state index contributed by atoms with van der Waals surface area (Å²) in [7, 11) is 0. The Bertz CT molecular complexity index is 5100. The lowest BCUT2D eigenvalue weighted by atomic mass is 9.98. The summed E-state index contributed by atoms with van der Waals surface area (Å²) in [5.74, 6) is 2.13. The predicted molar refractivity (Wildman–Crippen MR) is 345 cm³/mol. The summed E-state index contributed by atoms with van der Waals surface area (Å²) in [5.41, 5.74) is 17.1. The van der Waals surface area contributed by atoms with Crippen LogP contribution in [0.1, 0.15) is 0 Å². The van der Waals surface area contributed by atoms with Gasteiger partial charge in [-0.15, -0.1) is 0 Å². The zero-order chi connectivity index (χ0) is 55.4. The first-order chi connectivity index (χ1) is 41.7. The standard InChI is InChI=1S/C76H46N8/c1-77-52-45-43-51(44-46-52)74-78-61(48-21-3-2-4-22-48)47-62(79-74)49-39-41-50(42-40-49)71-72(81-63-31-13-5-23-53(63)54-24-6-14-32-64(54)81)75(83-67-35-17-9-27-57(67)58-28-10-18-36-68(58)83)80-76(84-69-37-19-11-29-59(69)60-30-12-20-38-70(60)84)73(71)82-65-33-15-7-25-55(65)56-26-8-16-34-66(56)82/h2-47H. The minimum Gasteiger partial charge on any atom is -0.305 e. The number of benzene rings is 11. The van der Waals surface area contributed by atoms with Crippen LogP contribution in [0, 0.1) is 6.57 Å². The minimum absolute atomic E-state index is 0.563. The molecule has 0 spiro atoms. The van der Waals surface area contributed by atoms with Gasteiger partial charge >= 0.3 is 0 Å². The van der Waals surface area contributed by atoms with Crippen LogP contribution in [0.25, 0.3) is 160 Å². The highest BCUT2D eigenvalue weighted by Crippen LogP contribution is 2.49. The average molecular weight is 1070 g/mol. The fourth-order valence-corrected chi connectivity index (χ4v) is 13.2. The van der Waals surface area contributed by atoms with E-state index in [2.05, 4.69) is 260 Å². The van der Waals surface area contributed by atoms with Crippen molar-refractivity contribution in [2.24, 2.45) is 0 Å². The first-order valence-electron chi connectivity index (χ1n) is 28.2. The highest BCUT2D eigenvalue weighted by Gasteiger charge is 2.32. The highest BCUT2D eigenvalue weighted by molar-refractivity contribution is 6.16. The molecular formula is C76H46N8. The van der Waals surface area contributed by atoms with Crippen molar-refractivity contribution >= 4 is 92.9 Å². The van der Waals surface area contributed by atoms with Gasteiger partial charge in [-0.3, -0.25) is 9.13 Å². The Kier molecular flexibility index (Phi) is 10.5. The van der Waals surface area contributed by atoms with E-state index >= 15 is 0 Å². The van der Waals surface area contributed by atoms with Crippen LogP contribution in [0.2, 0.25) is 0 Å². The van der Waals surface area contributed by atoms with Gasteiger partial charge in [0.1, 0.15) is 11.4 Å².